The quantitative estimate of drug-likeness (QED) is 0.725. The summed E-state index contributed by atoms with van der Waals surface area (Å²) in [5, 5.41) is 21.7. The maximum atomic E-state index is 9.08. The number of nitrogens with one attached hydrogen (secondary N) is 1. The third kappa shape index (κ3) is 3.56. The zero-order valence-corrected chi connectivity index (χ0v) is 16.4. The molecule has 3 aromatic rings. The Labute approximate surface area is 169 Å². The number of fused-ring (bicyclic) bond motifs is 1. The second kappa shape index (κ2) is 7.80. The van der Waals surface area contributed by atoms with Gasteiger partial charge in [-0.15, -0.1) is 0 Å². The Morgan fingerprint density at radius 3 is 2.83 bits per heavy atom. The summed E-state index contributed by atoms with van der Waals surface area (Å²) in [7, 11) is 0. The van der Waals surface area contributed by atoms with Crippen LogP contribution in [0.1, 0.15) is 59.3 Å². The molecule has 5 rings (SSSR count). The third-order valence-electron chi connectivity index (χ3n) is 5.95. The first kappa shape index (κ1) is 18.1. The van der Waals surface area contributed by atoms with Crippen LogP contribution in [0.25, 0.3) is 5.69 Å². The van der Waals surface area contributed by atoms with E-state index >= 15 is 0 Å². The standard InChI is InChI=1S/C22H24N6O/c23-13-15-5-7-17(8-6-15)28-21(24-22(27-28)16-11-12-29-14-16)10-9-20-18-3-1-2-4-19(18)25-26-20/h5-8,16H,1-4,9-12,14H2,(H,25,26)/t16-/m0/s1. The molecule has 1 fully saturated rings. The van der Waals surface area contributed by atoms with E-state index < -0.39 is 0 Å². The summed E-state index contributed by atoms with van der Waals surface area (Å²) in [5.74, 6) is 2.04. The molecule has 29 heavy (non-hydrogen) atoms. The molecule has 1 aliphatic carbocycles. The summed E-state index contributed by atoms with van der Waals surface area (Å²) >= 11 is 0. The number of rotatable bonds is 5. The van der Waals surface area contributed by atoms with Gasteiger partial charge in [-0.2, -0.15) is 15.5 Å². The summed E-state index contributed by atoms with van der Waals surface area (Å²) in [6, 6.07) is 9.68. The monoisotopic (exact) mass is 388 g/mol. The molecule has 0 spiro atoms. The average Bonchev–Trinajstić information content (AvgIpc) is 3.51. The summed E-state index contributed by atoms with van der Waals surface area (Å²) in [4.78, 5) is 4.89. The molecule has 7 heteroatoms. The van der Waals surface area contributed by atoms with E-state index in [-0.39, 0.29) is 5.92 Å². The molecule has 1 atom stereocenters. The van der Waals surface area contributed by atoms with Crippen LogP contribution in [0.15, 0.2) is 24.3 Å². The van der Waals surface area contributed by atoms with Gasteiger partial charge in [-0.3, -0.25) is 5.10 Å². The Bertz CT molecular complexity index is 1040. The number of aromatic nitrogens is 5. The highest BCUT2D eigenvalue weighted by Crippen LogP contribution is 2.26. The van der Waals surface area contributed by atoms with Gasteiger partial charge in [-0.05, 0) is 68.4 Å². The van der Waals surface area contributed by atoms with Crippen molar-refractivity contribution in [2.24, 2.45) is 0 Å². The Kier molecular flexibility index (Phi) is 4.86. The Morgan fingerprint density at radius 2 is 2.03 bits per heavy atom. The van der Waals surface area contributed by atoms with E-state index in [0.29, 0.717) is 12.2 Å². The number of benzene rings is 1. The topological polar surface area (TPSA) is 92.4 Å². The average molecular weight is 388 g/mol. The van der Waals surface area contributed by atoms with Crippen LogP contribution in [0, 0.1) is 11.3 Å². The summed E-state index contributed by atoms with van der Waals surface area (Å²) < 4.78 is 7.46. The zero-order valence-electron chi connectivity index (χ0n) is 16.4. The van der Waals surface area contributed by atoms with E-state index in [1.807, 2.05) is 28.9 Å². The van der Waals surface area contributed by atoms with Crippen LogP contribution in [-0.4, -0.2) is 38.2 Å². The molecule has 1 aromatic carbocycles. The summed E-state index contributed by atoms with van der Waals surface area (Å²) in [6.45, 7) is 1.45. The second-order valence-corrected chi connectivity index (χ2v) is 7.85. The first-order valence-corrected chi connectivity index (χ1v) is 10.4. The lowest BCUT2D eigenvalue weighted by atomic mass is 9.94. The summed E-state index contributed by atoms with van der Waals surface area (Å²) in [6.07, 6.45) is 7.30. The summed E-state index contributed by atoms with van der Waals surface area (Å²) in [5.41, 5.74) is 5.46. The SMILES string of the molecule is N#Cc1ccc(-n2nc([C@H]3CCOC3)nc2CCc2n[nH]c3c2CCCC3)cc1. The fraction of sp³-hybridized carbons (Fsp3) is 0.455. The van der Waals surface area contributed by atoms with Crippen molar-refractivity contribution in [3.05, 3.63) is 58.4 Å². The van der Waals surface area contributed by atoms with Gasteiger partial charge in [0.25, 0.3) is 0 Å². The molecule has 1 N–H and O–H groups in total. The fourth-order valence-electron chi connectivity index (χ4n) is 4.31. The maximum Gasteiger partial charge on any atom is 0.156 e. The van der Waals surface area contributed by atoms with E-state index in [2.05, 4.69) is 16.3 Å². The van der Waals surface area contributed by atoms with E-state index in [4.69, 9.17) is 20.1 Å². The van der Waals surface area contributed by atoms with E-state index in [1.165, 1.54) is 29.8 Å². The number of H-pyrrole nitrogens is 1. The number of nitrogens with zero attached hydrogens (tertiary/aromatic N) is 5. The van der Waals surface area contributed by atoms with Gasteiger partial charge in [0, 0.05) is 24.6 Å². The van der Waals surface area contributed by atoms with Crippen molar-refractivity contribution in [1.29, 1.82) is 5.26 Å². The minimum absolute atomic E-state index is 0.256. The van der Waals surface area contributed by atoms with Gasteiger partial charge in [0.1, 0.15) is 5.82 Å². The fourth-order valence-corrected chi connectivity index (χ4v) is 4.31. The molecule has 1 saturated heterocycles. The molecular formula is C22H24N6O. The molecule has 0 unspecified atom stereocenters. The minimum Gasteiger partial charge on any atom is -0.381 e. The molecule has 0 radical (unpaired) electrons. The number of aryl methyl sites for hydroxylation is 3. The smallest absolute Gasteiger partial charge is 0.156 e. The van der Waals surface area contributed by atoms with Crippen LogP contribution in [0.5, 0.6) is 0 Å². The largest absolute Gasteiger partial charge is 0.381 e. The van der Waals surface area contributed by atoms with Gasteiger partial charge in [-0.1, -0.05) is 0 Å². The van der Waals surface area contributed by atoms with Crippen LogP contribution in [0.4, 0.5) is 0 Å². The molecule has 0 saturated carbocycles. The van der Waals surface area contributed by atoms with Crippen molar-refractivity contribution in [3.63, 3.8) is 0 Å². The van der Waals surface area contributed by atoms with Crippen LogP contribution in [-0.2, 0) is 30.4 Å². The van der Waals surface area contributed by atoms with Crippen molar-refractivity contribution in [2.75, 3.05) is 13.2 Å². The van der Waals surface area contributed by atoms with Gasteiger partial charge in [0.15, 0.2) is 5.82 Å². The third-order valence-corrected chi connectivity index (χ3v) is 5.95. The lowest BCUT2D eigenvalue weighted by Crippen LogP contribution is -2.07. The maximum absolute atomic E-state index is 9.08. The van der Waals surface area contributed by atoms with E-state index in [9.17, 15) is 0 Å². The highest BCUT2D eigenvalue weighted by molar-refractivity contribution is 5.39. The van der Waals surface area contributed by atoms with Crippen molar-refractivity contribution in [2.45, 2.75) is 50.9 Å². The molecule has 3 heterocycles. The number of aromatic amines is 1. The first-order chi connectivity index (χ1) is 14.3. The van der Waals surface area contributed by atoms with Crippen molar-refractivity contribution in [3.8, 4) is 11.8 Å². The molecule has 0 amide bonds. The molecule has 2 aliphatic rings. The number of nitriles is 1. The number of hydrogen-bond donors (Lipinski definition) is 1. The molecule has 7 nitrogen and oxygen atoms in total. The van der Waals surface area contributed by atoms with Crippen molar-refractivity contribution in [1.82, 2.24) is 25.0 Å². The molecule has 1 aliphatic heterocycles. The Balaban J connectivity index is 1.44. The van der Waals surface area contributed by atoms with E-state index in [0.717, 1.165) is 56.0 Å². The lowest BCUT2D eigenvalue weighted by Gasteiger charge is -2.11. The predicted molar refractivity (Wildman–Crippen MR) is 107 cm³/mol. The van der Waals surface area contributed by atoms with Crippen LogP contribution >= 0.6 is 0 Å². The van der Waals surface area contributed by atoms with Crippen molar-refractivity contribution < 1.29 is 4.74 Å². The minimum atomic E-state index is 0.256. The van der Waals surface area contributed by atoms with E-state index in [1.54, 1.807) is 0 Å². The molecule has 2 aromatic heterocycles. The van der Waals surface area contributed by atoms with Gasteiger partial charge in [0.2, 0.25) is 0 Å². The molecular weight excluding hydrogens is 364 g/mol. The zero-order chi connectivity index (χ0) is 19.6. The highest BCUT2D eigenvalue weighted by Gasteiger charge is 2.24. The van der Waals surface area contributed by atoms with Crippen molar-refractivity contribution >= 4 is 0 Å². The lowest BCUT2D eigenvalue weighted by molar-refractivity contribution is 0.193. The van der Waals surface area contributed by atoms with Gasteiger partial charge < -0.3 is 4.74 Å². The Morgan fingerprint density at radius 1 is 1.17 bits per heavy atom. The normalized spacial score (nSPS) is 18.5. The molecule has 148 valence electrons. The van der Waals surface area contributed by atoms with Gasteiger partial charge >= 0.3 is 0 Å². The van der Waals surface area contributed by atoms with Crippen LogP contribution in [0.3, 0.4) is 0 Å². The Hall–Kier alpha value is -2.98. The molecule has 0 bridgehead atoms. The van der Waals surface area contributed by atoms with Gasteiger partial charge in [-0.25, -0.2) is 9.67 Å². The second-order valence-electron chi connectivity index (χ2n) is 7.85. The number of hydrogen-bond acceptors (Lipinski definition) is 5. The number of ether oxygens (including phenoxy) is 1. The van der Waals surface area contributed by atoms with Crippen LogP contribution < -0.4 is 0 Å². The van der Waals surface area contributed by atoms with Gasteiger partial charge in [0.05, 0.1) is 29.6 Å². The highest BCUT2D eigenvalue weighted by atomic mass is 16.5. The predicted octanol–water partition coefficient (Wildman–Crippen LogP) is 3.03. The first-order valence-electron chi connectivity index (χ1n) is 10.4. The van der Waals surface area contributed by atoms with Crippen LogP contribution in [0.2, 0.25) is 0 Å².